The number of hydrogen-bond donors (Lipinski definition) is 2. The third-order valence-corrected chi connectivity index (χ3v) is 6.41. The third kappa shape index (κ3) is 4.24. The van der Waals surface area contributed by atoms with Gasteiger partial charge in [-0.05, 0) is 43.9 Å². The number of nitrogens with one attached hydrogen (secondary N) is 1. The van der Waals surface area contributed by atoms with Crippen LogP contribution in [-0.2, 0) is 6.42 Å². The van der Waals surface area contributed by atoms with Gasteiger partial charge < -0.3 is 15.3 Å². The molecule has 2 atom stereocenters. The van der Waals surface area contributed by atoms with Gasteiger partial charge in [-0.1, -0.05) is 36.4 Å². The molecule has 1 aliphatic rings. The second kappa shape index (κ2) is 8.54. The highest BCUT2D eigenvalue weighted by Crippen LogP contribution is 2.32. The summed E-state index contributed by atoms with van der Waals surface area (Å²) in [7, 11) is 0. The molecule has 0 saturated carbocycles. The summed E-state index contributed by atoms with van der Waals surface area (Å²) in [4.78, 5) is 27.2. The predicted molar refractivity (Wildman–Crippen MR) is 126 cm³/mol. The Labute approximate surface area is 192 Å². The van der Waals surface area contributed by atoms with E-state index in [0.29, 0.717) is 24.5 Å². The lowest BCUT2D eigenvalue weighted by atomic mass is 9.81. The van der Waals surface area contributed by atoms with Crippen LogP contribution >= 0.6 is 0 Å². The normalized spacial score (nSPS) is 20.6. The largest absolute Gasteiger partial charge is 0.465 e. The van der Waals surface area contributed by atoms with E-state index in [-0.39, 0.29) is 6.04 Å². The number of carboxylic acid groups (broad SMARTS) is 1. The van der Waals surface area contributed by atoms with Crippen LogP contribution in [0.15, 0.2) is 73.3 Å². The Balaban J connectivity index is 1.33. The standard InChI is InChI=1S/C25H26N6O2/c1-25(13-18-7-3-2-4-8-18)11-10-19(17-31(25)24(32)33)28-22-16-26-14-20(29-22)21-15-27-23-9-5-6-12-30(21)23/h2-9,12,14-16,19H,10-11,13,17H2,1H3,(H,28,29)(H,32,33)/t19-,25-/m1/s1. The van der Waals surface area contributed by atoms with Crippen LogP contribution in [0, 0.1) is 0 Å². The zero-order chi connectivity index (χ0) is 22.8. The second-order valence-electron chi connectivity index (χ2n) is 8.79. The molecule has 1 aliphatic heterocycles. The van der Waals surface area contributed by atoms with E-state index in [1.165, 1.54) is 0 Å². The summed E-state index contributed by atoms with van der Waals surface area (Å²) in [5.41, 5.74) is 3.10. The molecule has 1 amide bonds. The summed E-state index contributed by atoms with van der Waals surface area (Å²) >= 11 is 0. The van der Waals surface area contributed by atoms with Gasteiger partial charge in [0.15, 0.2) is 0 Å². The molecule has 0 bridgehead atoms. The predicted octanol–water partition coefficient (Wildman–Crippen LogP) is 4.35. The summed E-state index contributed by atoms with van der Waals surface area (Å²) in [6, 6.07) is 15.8. The Kier molecular flexibility index (Phi) is 5.42. The fourth-order valence-electron chi connectivity index (χ4n) is 4.69. The quantitative estimate of drug-likeness (QED) is 0.477. The Morgan fingerprint density at radius 2 is 1.97 bits per heavy atom. The van der Waals surface area contributed by atoms with Gasteiger partial charge in [-0.15, -0.1) is 0 Å². The Morgan fingerprint density at radius 1 is 1.15 bits per heavy atom. The van der Waals surface area contributed by atoms with Gasteiger partial charge in [0.2, 0.25) is 0 Å². The minimum atomic E-state index is -0.898. The molecule has 168 valence electrons. The van der Waals surface area contributed by atoms with Crippen molar-refractivity contribution >= 4 is 17.6 Å². The number of amides is 1. The molecule has 8 heteroatoms. The van der Waals surface area contributed by atoms with Crippen molar-refractivity contribution < 1.29 is 9.90 Å². The topological polar surface area (TPSA) is 95.7 Å². The minimum absolute atomic E-state index is 0.0447. The first-order valence-corrected chi connectivity index (χ1v) is 11.1. The molecule has 1 fully saturated rings. The zero-order valence-electron chi connectivity index (χ0n) is 18.4. The Bertz CT molecular complexity index is 1270. The van der Waals surface area contributed by atoms with Crippen molar-refractivity contribution in [1.82, 2.24) is 24.3 Å². The van der Waals surface area contributed by atoms with Crippen LogP contribution in [0.5, 0.6) is 0 Å². The van der Waals surface area contributed by atoms with Gasteiger partial charge in [0.25, 0.3) is 0 Å². The van der Waals surface area contributed by atoms with E-state index >= 15 is 0 Å². The highest BCUT2D eigenvalue weighted by atomic mass is 16.4. The summed E-state index contributed by atoms with van der Waals surface area (Å²) in [5.74, 6) is 0.625. The maximum Gasteiger partial charge on any atom is 0.407 e. The number of fused-ring (bicyclic) bond motifs is 1. The molecule has 1 saturated heterocycles. The van der Waals surface area contributed by atoms with Gasteiger partial charge in [0.1, 0.15) is 17.2 Å². The molecule has 3 aromatic heterocycles. The lowest BCUT2D eigenvalue weighted by Gasteiger charge is -2.46. The van der Waals surface area contributed by atoms with Gasteiger partial charge >= 0.3 is 6.09 Å². The lowest BCUT2D eigenvalue weighted by molar-refractivity contribution is 0.0532. The minimum Gasteiger partial charge on any atom is -0.465 e. The monoisotopic (exact) mass is 442 g/mol. The van der Waals surface area contributed by atoms with Crippen LogP contribution in [0.2, 0.25) is 0 Å². The van der Waals surface area contributed by atoms with Crippen molar-refractivity contribution in [2.75, 3.05) is 11.9 Å². The maximum atomic E-state index is 12.2. The van der Waals surface area contributed by atoms with Gasteiger partial charge in [0.05, 0.1) is 24.3 Å². The number of pyridine rings is 1. The fourth-order valence-corrected chi connectivity index (χ4v) is 4.69. The smallest absolute Gasteiger partial charge is 0.407 e. The summed E-state index contributed by atoms with van der Waals surface area (Å²) in [5, 5.41) is 13.4. The molecular formula is C25H26N6O2. The Morgan fingerprint density at radius 3 is 2.79 bits per heavy atom. The first-order valence-electron chi connectivity index (χ1n) is 11.1. The van der Waals surface area contributed by atoms with Crippen LogP contribution in [0.25, 0.3) is 17.0 Å². The van der Waals surface area contributed by atoms with E-state index in [1.54, 1.807) is 23.5 Å². The first kappa shape index (κ1) is 20.9. The number of anilines is 1. The lowest BCUT2D eigenvalue weighted by Crippen LogP contribution is -2.58. The highest BCUT2D eigenvalue weighted by molar-refractivity contribution is 5.67. The first-order chi connectivity index (χ1) is 16.0. The molecule has 0 aliphatic carbocycles. The van der Waals surface area contributed by atoms with Crippen molar-refractivity contribution in [2.45, 2.75) is 37.8 Å². The Hall–Kier alpha value is -3.94. The second-order valence-corrected chi connectivity index (χ2v) is 8.79. The molecule has 4 heterocycles. The molecule has 5 rings (SSSR count). The number of benzene rings is 1. The zero-order valence-corrected chi connectivity index (χ0v) is 18.4. The molecule has 8 nitrogen and oxygen atoms in total. The van der Waals surface area contributed by atoms with Gasteiger partial charge in [-0.3, -0.25) is 9.38 Å². The van der Waals surface area contributed by atoms with E-state index in [0.717, 1.165) is 29.7 Å². The fraction of sp³-hybridized carbons (Fsp3) is 0.280. The highest BCUT2D eigenvalue weighted by Gasteiger charge is 2.41. The summed E-state index contributed by atoms with van der Waals surface area (Å²) < 4.78 is 1.97. The molecule has 4 aromatic rings. The van der Waals surface area contributed by atoms with Crippen LogP contribution < -0.4 is 5.32 Å². The van der Waals surface area contributed by atoms with Crippen molar-refractivity contribution in [2.24, 2.45) is 0 Å². The number of carbonyl (C=O) groups is 1. The SMILES string of the molecule is C[C@]1(Cc2ccccc2)CC[C@@H](Nc2cncc(-c3cnc4ccccn34)n2)CN1C(=O)O. The number of nitrogens with zero attached hydrogens (tertiary/aromatic N) is 5. The summed E-state index contributed by atoms with van der Waals surface area (Å²) in [6.07, 6.45) is 8.50. The number of hydrogen-bond acceptors (Lipinski definition) is 5. The van der Waals surface area contributed by atoms with Gasteiger partial charge in [-0.2, -0.15) is 0 Å². The van der Waals surface area contributed by atoms with E-state index in [2.05, 4.69) is 27.4 Å². The number of likely N-dealkylation sites (tertiary alicyclic amines) is 1. The van der Waals surface area contributed by atoms with Crippen molar-refractivity contribution in [1.29, 1.82) is 0 Å². The van der Waals surface area contributed by atoms with E-state index in [1.807, 2.05) is 53.9 Å². The number of piperidine rings is 1. The van der Waals surface area contributed by atoms with Crippen LogP contribution in [0.1, 0.15) is 25.3 Å². The summed E-state index contributed by atoms with van der Waals surface area (Å²) in [6.45, 7) is 2.43. The van der Waals surface area contributed by atoms with E-state index in [9.17, 15) is 9.90 Å². The molecule has 33 heavy (non-hydrogen) atoms. The molecule has 0 spiro atoms. The molecule has 0 radical (unpaired) electrons. The number of aromatic nitrogens is 4. The van der Waals surface area contributed by atoms with Crippen LogP contribution in [0.3, 0.4) is 0 Å². The third-order valence-electron chi connectivity index (χ3n) is 6.41. The van der Waals surface area contributed by atoms with Crippen molar-refractivity contribution in [3.05, 3.63) is 78.9 Å². The van der Waals surface area contributed by atoms with Crippen molar-refractivity contribution in [3.8, 4) is 11.4 Å². The van der Waals surface area contributed by atoms with Crippen molar-refractivity contribution in [3.63, 3.8) is 0 Å². The van der Waals surface area contributed by atoms with Crippen LogP contribution in [-0.4, -0.2) is 53.6 Å². The molecular weight excluding hydrogens is 416 g/mol. The molecule has 0 unspecified atom stereocenters. The average Bonchev–Trinajstić information content (AvgIpc) is 3.25. The number of imidazole rings is 1. The van der Waals surface area contributed by atoms with Gasteiger partial charge in [-0.25, -0.2) is 14.8 Å². The van der Waals surface area contributed by atoms with Gasteiger partial charge in [0, 0.05) is 24.3 Å². The number of rotatable bonds is 5. The average molecular weight is 443 g/mol. The van der Waals surface area contributed by atoms with E-state index in [4.69, 9.17) is 4.98 Å². The molecule has 2 N–H and O–H groups in total. The molecule has 1 aromatic carbocycles. The van der Waals surface area contributed by atoms with E-state index < -0.39 is 11.6 Å². The van der Waals surface area contributed by atoms with Crippen LogP contribution in [0.4, 0.5) is 10.6 Å². The maximum absolute atomic E-state index is 12.2.